The van der Waals surface area contributed by atoms with Gasteiger partial charge in [0.25, 0.3) is 0 Å². The molecule has 0 amide bonds. The van der Waals surface area contributed by atoms with Crippen LogP contribution in [0.3, 0.4) is 0 Å². The van der Waals surface area contributed by atoms with Gasteiger partial charge in [0.1, 0.15) is 4.60 Å². The van der Waals surface area contributed by atoms with Crippen molar-refractivity contribution < 1.29 is 5.11 Å². The van der Waals surface area contributed by atoms with E-state index in [4.69, 9.17) is 5.11 Å². The van der Waals surface area contributed by atoms with Crippen molar-refractivity contribution in [3.63, 3.8) is 0 Å². The number of hydrogen-bond acceptors (Lipinski definition) is 3. The molecule has 0 aliphatic carbocycles. The number of anilines is 1. The summed E-state index contributed by atoms with van der Waals surface area (Å²) in [5.74, 6) is 0. The summed E-state index contributed by atoms with van der Waals surface area (Å²) in [7, 11) is 0. The molecule has 0 saturated carbocycles. The number of aliphatic hydroxyl groups excluding tert-OH is 1. The molecule has 0 bridgehead atoms. The summed E-state index contributed by atoms with van der Waals surface area (Å²) in [6, 6.07) is 3.88. The van der Waals surface area contributed by atoms with Crippen LogP contribution in [0.25, 0.3) is 0 Å². The maximum absolute atomic E-state index is 9.09. The number of hydrogen-bond donors (Lipinski definition) is 1. The second-order valence-corrected chi connectivity index (χ2v) is 3.62. The van der Waals surface area contributed by atoms with Crippen molar-refractivity contribution in [1.82, 2.24) is 4.98 Å². The zero-order valence-electron chi connectivity index (χ0n) is 6.44. The predicted molar refractivity (Wildman–Crippen MR) is 50.2 cm³/mol. The van der Waals surface area contributed by atoms with Gasteiger partial charge >= 0.3 is 0 Å². The van der Waals surface area contributed by atoms with Gasteiger partial charge in [0.2, 0.25) is 0 Å². The lowest BCUT2D eigenvalue weighted by Gasteiger charge is -2.37. The number of aromatic nitrogens is 1. The molecule has 1 aromatic heterocycles. The molecule has 0 unspecified atom stereocenters. The molecule has 1 fully saturated rings. The maximum Gasteiger partial charge on any atom is 0.129 e. The molecule has 64 valence electrons. The zero-order chi connectivity index (χ0) is 8.55. The van der Waals surface area contributed by atoms with E-state index in [0.29, 0.717) is 13.1 Å². The van der Waals surface area contributed by atoms with Crippen molar-refractivity contribution in [2.24, 2.45) is 0 Å². The Morgan fingerprint density at radius 2 is 2.33 bits per heavy atom. The molecule has 0 aromatic carbocycles. The maximum atomic E-state index is 9.09. The largest absolute Gasteiger partial charge is 0.389 e. The van der Waals surface area contributed by atoms with Gasteiger partial charge in [-0.25, -0.2) is 4.98 Å². The average Bonchev–Trinajstić information content (AvgIpc) is 2.01. The summed E-state index contributed by atoms with van der Waals surface area (Å²) in [6.07, 6.45) is 1.57. The Morgan fingerprint density at radius 1 is 1.58 bits per heavy atom. The Morgan fingerprint density at radius 3 is 2.92 bits per heavy atom. The first-order valence-electron chi connectivity index (χ1n) is 3.81. The molecule has 1 aliphatic heterocycles. The van der Waals surface area contributed by atoms with Gasteiger partial charge in [-0.15, -0.1) is 0 Å². The zero-order valence-corrected chi connectivity index (χ0v) is 8.03. The van der Waals surface area contributed by atoms with Crippen LogP contribution in [0.1, 0.15) is 0 Å². The van der Waals surface area contributed by atoms with Crippen LogP contribution in [0.2, 0.25) is 0 Å². The fraction of sp³-hybridized carbons (Fsp3) is 0.375. The molecule has 1 aromatic rings. The van der Waals surface area contributed by atoms with E-state index in [0.717, 1.165) is 10.3 Å². The lowest BCUT2D eigenvalue weighted by atomic mass is 10.1. The predicted octanol–water partition coefficient (Wildman–Crippen LogP) is 1.02. The first kappa shape index (κ1) is 8.01. The lowest BCUT2D eigenvalue weighted by Crippen LogP contribution is -2.51. The van der Waals surface area contributed by atoms with Crippen LogP contribution in [0, 0.1) is 0 Å². The van der Waals surface area contributed by atoms with Crippen molar-refractivity contribution in [3.8, 4) is 0 Å². The Kier molecular flexibility index (Phi) is 2.02. The van der Waals surface area contributed by atoms with Gasteiger partial charge in [0.15, 0.2) is 0 Å². The Labute approximate surface area is 79.2 Å². The van der Waals surface area contributed by atoms with Crippen LogP contribution in [-0.2, 0) is 0 Å². The SMILES string of the molecule is OC1CN(c2cccnc2Br)C1. The van der Waals surface area contributed by atoms with Gasteiger partial charge in [-0.1, -0.05) is 0 Å². The number of β-amino-alcohol motifs (C(OH)–C–C–N with tert-alkyl or cyclic N) is 1. The smallest absolute Gasteiger partial charge is 0.129 e. The molecule has 1 aliphatic rings. The summed E-state index contributed by atoms with van der Waals surface area (Å²) < 4.78 is 0.844. The van der Waals surface area contributed by atoms with Crippen LogP contribution in [0.4, 0.5) is 5.69 Å². The second-order valence-electron chi connectivity index (χ2n) is 2.87. The monoisotopic (exact) mass is 228 g/mol. The fourth-order valence-electron chi connectivity index (χ4n) is 1.27. The Hall–Kier alpha value is -0.610. The Bertz CT molecular complexity index is 286. The molecule has 2 heterocycles. The number of nitrogens with zero attached hydrogens (tertiary/aromatic N) is 2. The Balaban J connectivity index is 2.18. The number of pyridine rings is 1. The standard InChI is InChI=1S/C8H9BrN2O/c9-8-7(2-1-3-10-8)11-4-6(12)5-11/h1-3,6,12H,4-5H2. The van der Waals surface area contributed by atoms with E-state index < -0.39 is 0 Å². The molecule has 2 rings (SSSR count). The summed E-state index contributed by atoms with van der Waals surface area (Å²) in [5.41, 5.74) is 1.06. The van der Waals surface area contributed by atoms with Crippen LogP contribution < -0.4 is 4.90 Å². The van der Waals surface area contributed by atoms with Gasteiger partial charge in [0.05, 0.1) is 11.8 Å². The molecule has 1 saturated heterocycles. The fourth-order valence-corrected chi connectivity index (χ4v) is 1.77. The highest BCUT2D eigenvalue weighted by Crippen LogP contribution is 2.26. The average molecular weight is 229 g/mol. The lowest BCUT2D eigenvalue weighted by molar-refractivity contribution is 0.141. The van der Waals surface area contributed by atoms with Gasteiger partial charge in [-0.05, 0) is 28.1 Å². The molecule has 0 radical (unpaired) electrons. The van der Waals surface area contributed by atoms with E-state index in [2.05, 4.69) is 25.8 Å². The highest BCUT2D eigenvalue weighted by atomic mass is 79.9. The summed E-state index contributed by atoms with van der Waals surface area (Å²) >= 11 is 3.36. The molecule has 12 heavy (non-hydrogen) atoms. The third-order valence-electron chi connectivity index (χ3n) is 1.94. The van der Waals surface area contributed by atoms with Gasteiger partial charge < -0.3 is 10.0 Å². The minimum Gasteiger partial charge on any atom is -0.389 e. The number of rotatable bonds is 1. The molecular weight excluding hydrogens is 220 g/mol. The summed E-state index contributed by atoms with van der Waals surface area (Å²) in [5, 5.41) is 9.09. The number of halogens is 1. The molecule has 3 nitrogen and oxygen atoms in total. The summed E-state index contributed by atoms with van der Waals surface area (Å²) in [6.45, 7) is 1.43. The van der Waals surface area contributed by atoms with E-state index >= 15 is 0 Å². The topological polar surface area (TPSA) is 36.4 Å². The molecular formula is C8H9BrN2O. The normalized spacial score (nSPS) is 17.7. The van der Waals surface area contributed by atoms with Crippen LogP contribution in [-0.4, -0.2) is 29.3 Å². The van der Waals surface area contributed by atoms with Crippen molar-refractivity contribution in [1.29, 1.82) is 0 Å². The van der Waals surface area contributed by atoms with E-state index in [1.54, 1.807) is 6.20 Å². The molecule has 0 spiro atoms. The first-order valence-corrected chi connectivity index (χ1v) is 4.60. The van der Waals surface area contributed by atoms with E-state index in [9.17, 15) is 0 Å². The first-order chi connectivity index (χ1) is 5.77. The minimum atomic E-state index is -0.169. The van der Waals surface area contributed by atoms with Gasteiger partial charge in [-0.3, -0.25) is 0 Å². The van der Waals surface area contributed by atoms with Crippen molar-refractivity contribution in [2.45, 2.75) is 6.10 Å². The van der Waals surface area contributed by atoms with Crippen LogP contribution in [0.5, 0.6) is 0 Å². The highest BCUT2D eigenvalue weighted by Gasteiger charge is 2.25. The van der Waals surface area contributed by atoms with Crippen LogP contribution in [0.15, 0.2) is 22.9 Å². The molecule has 1 N–H and O–H groups in total. The molecule has 4 heteroatoms. The summed E-state index contributed by atoms with van der Waals surface area (Å²) in [4.78, 5) is 6.19. The van der Waals surface area contributed by atoms with Crippen molar-refractivity contribution in [3.05, 3.63) is 22.9 Å². The van der Waals surface area contributed by atoms with Crippen molar-refractivity contribution in [2.75, 3.05) is 18.0 Å². The van der Waals surface area contributed by atoms with Gasteiger partial charge in [-0.2, -0.15) is 0 Å². The third kappa shape index (κ3) is 1.32. The van der Waals surface area contributed by atoms with E-state index in [1.807, 2.05) is 12.1 Å². The van der Waals surface area contributed by atoms with Gasteiger partial charge in [0, 0.05) is 19.3 Å². The van der Waals surface area contributed by atoms with E-state index in [-0.39, 0.29) is 6.10 Å². The number of aliphatic hydroxyl groups is 1. The third-order valence-corrected chi connectivity index (χ3v) is 2.55. The van der Waals surface area contributed by atoms with E-state index in [1.165, 1.54) is 0 Å². The highest BCUT2D eigenvalue weighted by molar-refractivity contribution is 9.10. The minimum absolute atomic E-state index is 0.169. The van der Waals surface area contributed by atoms with Crippen molar-refractivity contribution >= 4 is 21.6 Å². The molecule has 0 atom stereocenters. The second kappa shape index (κ2) is 3.03. The van der Waals surface area contributed by atoms with Crippen LogP contribution >= 0.6 is 15.9 Å². The quantitative estimate of drug-likeness (QED) is 0.730.